The van der Waals surface area contributed by atoms with Crippen LogP contribution in [0.2, 0.25) is 0 Å². The first-order valence-electron chi connectivity index (χ1n) is 7.03. The summed E-state index contributed by atoms with van der Waals surface area (Å²) in [6.45, 7) is 8.58. The van der Waals surface area contributed by atoms with Gasteiger partial charge in [0.2, 0.25) is 0 Å². The monoisotopic (exact) mass is 306 g/mol. The van der Waals surface area contributed by atoms with Crippen LogP contribution in [0.3, 0.4) is 0 Å². The molecule has 1 unspecified atom stereocenters. The molecule has 120 valence electrons. The van der Waals surface area contributed by atoms with Crippen LogP contribution in [0.1, 0.15) is 34.6 Å². The predicted octanol–water partition coefficient (Wildman–Crippen LogP) is 2.52. The van der Waals surface area contributed by atoms with E-state index in [9.17, 15) is 14.4 Å². The van der Waals surface area contributed by atoms with E-state index in [4.69, 9.17) is 9.47 Å². The van der Waals surface area contributed by atoms with Crippen molar-refractivity contribution in [3.8, 4) is 0 Å². The van der Waals surface area contributed by atoms with E-state index in [1.807, 2.05) is 26.8 Å². The molecule has 1 aliphatic rings. The van der Waals surface area contributed by atoms with Crippen LogP contribution < -0.4 is 0 Å². The number of aldehydes is 1. The molecule has 0 fully saturated rings. The number of hydrogen-bond donors (Lipinski definition) is 0. The van der Waals surface area contributed by atoms with E-state index in [0.29, 0.717) is 11.1 Å². The topological polar surface area (TPSA) is 69.7 Å². The molecule has 0 aliphatic heterocycles. The molecule has 0 spiro atoms. The lowest BCUT2D eigenvalue weighted by molar-refractivity contribution is -0.145. The first-order valence-corrected chi connectivity index (χ1v) is 7.03. The summed E-state index contributed by atoms with van der Waals surface area (Å²) >= 11 is 0. The minimum absolute atomic E-state index is 0.0485. The summed E-state index contributed by atoms with van der Waals surface area (Å²) in [7, 11) is 0. The van der Waals surface area contributed by atoms with Gasteiger partial charge in [-0.1, -0.05) is 25.5 Å². The molecular weight excluding hydrogens is 284 g/mol. The molecule has 5 nitrogen and oxygen atoms in total. The Bertz CT molecular complexity index is 564. The maximum absolute atomic E-state index is 12.0. The van der Waals surface area contributed by atoms with Crippen LogP contribution in [0, 0.1) is 5.41 Å². The Morgan fingerprint density at radius 2 is 1.95 bits per heavy atom. The zero-order chi connectivity index (χ0) is 16.9. The molecule has 0 aromatic carbocycles. The van der Waals surface area contributed by atoms with Gasteiger partial charge in [0.25, 0.3) is 0 Å². The zero-order valence-electron chi connectivity index (χ0n) is 13.6. The number of carbonyl (C=O) groups excluding carboxylic acids is 3. The first-order chi connectivity index (χ1) is 10.2. The molecule has 1 aliphatic carbocycles. The lowest BCUT2D eigenvalue weighted by atomic mass is 9.75. The highest BCUT2D eigenvalue weighted by Crippen LogP contribution is 2.36. The minimum Gasteiger partial charge on any atom is -0.461 e. The normalized spacial score (nSPS) is 20.6. The van der Waals surface area contributed by atoms with Gasteiger partial charge in [-0.15, -0.1) is 0 Å². The molecule has 0 N–H and O–H groups in total. The van der Waals surface area contributed by atoms with Gasteiger partial charge in [-0.3, -0.25) is 9.59 Å². The van der Waals surface area contributed by atoms with E-state index in [-0.39, 0.29) is 6.61 Å². The molecule has 0 saturated heterocycles. The summed E-state index contributed by atoms with van der Waals surface area (Å²) in [6.07, 6.45) is 5.17. The quantitative estimate of drug-likeness (QED) is 0.443. The third kappa shape index (κ3) is 4.69. The first kappa shape index (κ1) is 17.9. The molecule has 0 amide bonds. The summed E-state index contributed by atoms with van der Waals surface area (Å²) in [5.74, 6) is -0.937. The molecule has 0 radical (unpaired) electrons. The van der Waals surface area contributed by atoms with Crippen molar-refractivity contribution in [2.45, 2.75) is 40.7 Å². The van der Waals surface area contributed by atoms with Crippen LogP contribution in [0.4, 0.5) is 0 Å². The molecule has 1 rings (SSSR count). The molecule has 0 heterocycles. The largest absolute Gasteiger partial charge is 0.461 e. The van der Waals surface area contributed by atoms with Crippen LogP contribution in [-0.4, -0.2) is 30.9 Å². The highest BCUT2D eigenvalue weighted by Gasteiger charge is 2.36. The van der Waals surface area contributed by atoms with E-state index >= 15 is 0 Å². The number of carbonyl (C=O) groups is 3. The molecule has 1 atom stereocenters. The van der Waals surface area contributed by atoms with Crippen LogP contribution in [0.15, 0.2) is 34.9 Å². The Kier molecular flexibility index (Phi) is 5.85. The second-order valence-corrected chi connectivity index (χ2v) is 5.98. The minimum atomic E-state index is -0.589. The number of rotatable bonds is 5. The van der Waals surface area contributed by atoms with Crippen molar-refractivity contribution in [1.29, 1.82) is 0 Å². The second-order valence-electron chi connectivity index (χ2n) is 5.98. The van der Waals surface area contributed by atoms with Crippen molar-refractivity contribution in [2.24, 2.45) is 5.41 Å². The van der Waals surface area contributed by atoms with Gasteiger partial charge in [-0.05, 0) is 25.5 Å². The third-order valence-corrected chi connectivity index (χ3v) is 3.49. The van der Waals surface area contributed by atoms with E-state index in [2.05, 4.69) is 0 Å². The van der Waals surface area contributed by atoms with Gasteiger partial charge in [0.15, 0.2) is 0 Å². The lowest BCUT2D eigenvalue weighted by Crippen LogP contribution is -2.36. The maximum atomic E-state index is 12.0. The van der Waals surface area contributed by atoms with Crippen molar-refractivity contribution in [2.75, 3.05) is 6.61 Å². The van der Waals surface area contributed by atoms with Crippen molar-refractivity contribution < 1.29 is 23.9 Å². The van der Waals surface area contributed by atoms with Crippen LogP contribution >= 0.6 is 0 Å². The molecule has 22 heavy (non-hydrogen) atoms. The smallest absolute Gasteiger partial charge is 0.331 e. The van der Waals surface area contributed by atoms with Crippen LogP contribution in [-0.2, 0) is 23.9 Å². The summed E-state index contributed by atoms with van der Waals surface area (Å²) in [5.41, 5.74) is 1.46. The number of esters is 2. The van der Waals surface area contributed by atoms with Gasteiger partial charge in [0, 0.05) is 24.0 Å². The zero-order valence-corrected chi connectivity index (χ0v) is 13.6. The maximum Gasteiger partial charge on any atom is 0.331 e. The lowest BCUT2D eigenvalue weighted by Gasteiger charge is -2.35. The predicted molar refractivity (Wildman–Crippen MR) is 82.0 cm³/mol. The van der Waals surface area contributed by atoms with E-state index in [1.165, 1.54) is 13.0 Å². The second kappa shape index (κ2) is 7.20. The Hall–Kier alpha value is -2.17. The summed E-state index contributed by atoms with van der Waals surface area (Å²) in [6, 6.07) is 0. The van der Waals surface area contributed by atoms with E-state index < -0.39 is 23.5 Å². The number of hydrogen-bond acceptors (Lipinski definition) is 5. The highest BCUT2D eigenvalue weighted by atomic mass is 16.5. The van der Waals surface area contributed by atoms with Crippen molar-refractivity contribution in [1.82, 2.24) is 0 Å². The fraction of sp³-hybridized carbons (Fsp3) is 0.471. The van der Waals surface area contributed by atoms with Crippen LogP contribution in [0.25, 0.3) is 0 Å². The standard InChI is InChI=1S/C17H22O5/c1-11-6-14(9-18)17(4,5)15(7-11)22-16(20)8-12(2)10-21-13(3)19/h6-9,15H,10H2,1-5H3/b12-8+. The van der Waals surface area contributed by atoms with Crippen molar-refractivity contribution in [3.05, 3.63) is 34.9 Å². The highest BCUT2D eigenvalue weighted by molar-refractivity contribution is 5.84. The Morgan fingerprint density at radius 3 is 2.50 bits per heavy atom. The summed E-state index contributed by atoms with van der Waals surface area (Å²) in [4.78, 5) is 33.9. The fourth-order valence-corrected chi connectivity index (χ4v) is 2.08. The van der Waals surface area contributed by atoms with Gasteiger partial charge >= 0.3 is 11.9 Å². The van der Waals surface area contributed by atoms with E-state index in [1.54, 1.807) is 13.0 Å². The van der Waals surface area contributed by atoms with Gasteiger partial charge < -0.3 is 9.47 Å². The number of allylic oxidation sites excluding steroid dienone is 2. The van der Waals surface area contributed by atoms with Gasteiger partial charge in [0.1, 0.15) is 19.0 Å². The molecule has 5 heteroatoms. The number of ether oxygens (including phenoxy) is 2. The molecule has 0 saturated carbocycles. The molecule has 0 bridgehead atoms. The Morgan fingerprint density at radius 1 is 1.32 bits per heavy atom. The molecule has 0 aromatic heterocycles. The van der Waals surface area contributed by atoms with Gasteiger partial charge in [-0.25, -0.2) is 4.79 Å². The summed E-state index contributed by atoms with van der Waals surface area (Å²) < 4.78 is 10.3. The third-order valence-electron chi connectivity index (χ3n) is 3.49. The molecular formula is C17H22O5. The van der Waals surface area contributed by atoms with Gasteiger partial charge in [0.05, 0.1) is 0 Å². The van der Waals surface area contributed by atoms with Crippen LogP contribution in [0.5, 0.6) is 0 Å². The van der Waals surface area contributed by atoms with Gasteiger partial charge in [-0.2, -0.15) is 0 Å². The SMILES string of the molecule is CC(=O)OC/C(C)=C/C(=O)OC1C=C(C)C=C(C=O)C1(C)C. The Labute approximate surface area is 130 Å². The average molecular weight is 306 g/mol. The average Bonchev–Trinajstić information content (AvgIpc) is 2.40. The summed E-state index contributed by atoms with van der Waals surface area (Å²) in [5, 5.41) is 0. The Balaban J connectivity index is 2.79. The van der Waals surface area contributed by atoms with Crippen molar-refractivity contribution in [3.63, 3.8) is 0 Å². The van der Waals surface area contributed by atoms with E-state index in [0.717, 1.165) is 11.9 Å². The van der Waals surface area contributed by atoms with Crippen molar-refractivity contribution >= 4 is 18.2 Å². The molecule has 0 aromatic rings. The fourth-order valence-electron chi connectivity index (χ4n) is 2.08.